The van der Waals surface area contributed by atoms with E-state index < -0.39 is 34.6 Å². The van der Waals surface area contributed by atoms with E-state index in [9.17, 15) is 29.1 Å². The van der Waals surface area contributed by atoms with Crippen molar-refractivity contribution in [1.82, 2.24) is 25.1 Å². The molecule has 2 aromatic rings. The van der Waals surface area contributed by atoms with Gasteiger partial charge in [0, 0.05) is 35.8 Å². The molecule has 2 fully saturated rings. The summed E-state index contributed by atoms with van der Waals surface area (Å²) in [6.45, 7) is -0.223. The third-order valence-corrected chi connectivity index (χ3v) is 9.03. The van der Waals surface area contributed by atoms with E-state index in [4.69, 9.17) is 11.5 Å². The monoisotopic (exact) mass is 563 g/mol. The molecule has 0 radical (unpaired) electrons. The van der Waals surface area contributed by atoms with Gasteiger partial charge in [-0.15, -0.1) is 16.9 Å². The van der Waals surface area contributed by atoms with E-state index in [0.29, 0.717) is 22.9 Å². The largest absolute Gasteiger partial charge is 0.481 e. The fourth-order valence-electron chi connectivity index (χ4n) is 4.19. The Morgan fingerprint density at radius 2 is 2.05 bits per heavy atom. The lowest BCUT2D eigenvalue weighted by molar-refractivity contribution is -0.156. The first-order chi connectivity index (χ1) is 18.2. The Labute approximate surface area is 224 Å². The molecule has 6 N–H and O–H groups in total. The minimum Gasteiger partial charge on any atom is -0.481 e. The molecule has 2 saturated heterocycles. The van der Waals surface area contributed by atoms with Crippen molar-refractivity contribution >= 4 is 65.0 Å². The highest BCUT2D eigenvalue weighted by Gasteiger charge is 2.59. The van der Waals surface area contributed by atoms with Crippen molar-refractivity contribution in [2.24, 2.45) is 16.9 Å². The van der Waals surface area contributed by atoms with Gasteiger partial charge in [0.2, 0.25) is 29.3 Å². The van der Waals surface area contributed by atoms with Gasteiger partial charge in [0.05, 0.1) is 13.1 Å². The molecule has 15 nitrogen and oxygen atoms in total. The third kappa shape index (κ3) is 5.30. The number of carboxylic acid groups (broad SMARTS) is 1. The summed E-state index contributed by atoms with van der Waals surface area (Å²) in [4.78, 5) is 63.0. The molecule has 17 heteroatoms. The van der Waals surface area contributed by atoms with E-state index in [-0.39, 0.29) is 43.5 Å². The molecule has 202 valence electrons. The fourth-order valence-corrected chi connectivity index (χ4v) is 7.00. The zero-order valence-corrected chi connectivity index (χ0v) is 21.6. The lowest BCUT2D eigenvalue weighted by atomic mass is 9.89. The number of primary amides is 1. The van der Waals surface area contributed by atoms with Gasteiger partial charge in [-0.05, 0) is 34.7 Å². The predicted octanol–water partition coefficient (Wildman–Crippen LogP) is -1.44. The first-order valence-electron chi connectivity index (χ1n) is 11.4. The number of rotatable bonds is 12. The number of carboxylic acids is 1. The van der Waals surface area contributed by atoms with E-state index in [2.05, 4.69) is 20.8 Å². The Morgan fingerprint density at radius 3 is 2.68 bits per heavy atom. The van der Waals surface area contributed by atoms with E-state index in [1.54, 1.807) is 24.3 Å². The number of nitrogens with two attached hydrogens (primary N) is 2. The number of aromatic nitrogens is 4. The number of nitrogens with zero attached hydrogens (tertiary/aromatic N) is 6. The van der Waals surface area contributed by atoms with Crippen LogP contribution in [0.3, 0.4) is 0 Å². The zero-order valence-electron chi connectivity index (χ0n) is 19.9. The number of carbonyl (C=O) groups excluding carboxylic acids is 4. The second-order valence-corrected chi connectivity index (χ2v) is 10.7. The molecule has 0 saturated carbocycles. The van der Waals surface area contributed by atoms with Crippen LogP contribution in [0.5, 0.6) is 0 Å². The topological polar surface area (TPSA) is 220 Å². The Morgan fingerprint density at radius 1 is 1.32 bits per heavy atom. The van der Waals surface area contributed by atoms with Crippen LogP contribution in [0.25, 0.3) is 0 Å². The Hall–Kier alpha value is -3.70. The summed E-state index contributed by atoms with van der Waals surface area (Å²) < 4.78 is 1.38. The molecule has 0 spiro atoms. The first-order valence-corrected chi connectivity index (χ1v) is 13.4. The summed E-state index contributed by atoms with van der Waals surface area (Å²) in [7, 11) is 0. The van der Waals surface area contributed by atoms with E-state index in [1.807, 2.05) is 0 Å². The van der Waals surface area contributed by atoms with Gasteiger partial charge < -0.3 is 26.8 Å². The number of amides is 4. The molecule has 2 unspecified atom stereocenters. The molecule has 3 heterocycles. The smallest absolute Gasteiger partial charge is 0.313 e. The second-order valence-electron chi connectivity index (χ2n) is 8.66. The molecule has 4 amide bonds. The van der Waals surface area contributed by atoms with Crippen molar-refractivity contribution in [1.29, 1.82) is 0 Å². The maximum absolute atomic E-state index is 13.3. The van der Waals surface area contributed by atoms with Crippen molar-refractivity contribution in [3.05, 3.63) is 24.3 Å². The van der Waals surface area contributed by atoms with E-state index >= 15 is 0 Å². The molecule has 2 aliphatic rings. The number of aliphatic carboxylic acids is 1. The second kappa shape index (κ2) is 11.4. The summed E-state index contributed by atoms with van der Waals surface area (Å²) in [6, 6.07) is 5.55. The van der Waals surface area contributed by atoms with E-state index in [1.165, 1.54) is 26.2 Å². The van der Waals surface area contributed by atoms with Gasteiger partial charge in [0.1, 0.15) is 16.8 Å². The van der Waals surface area contributed by atoms with Crippen LogP contribution >= 0.6 is 23.5 Å². The van der Waals surface area contributed by atoms with Gasteiger partial charge in [-0.3, -0.25) is 28.9 Å². The third-order valence-electron chi connectivity index (χ3n) is 6.21. The maximum atomic E-state index is 13.3. The van der Waals surface area contributed by atoms with Crippen LogP contribution in [0.4, 0.5) is 11.4 Å². The number of anilines is 2. The summed E-state index contributed by atoms with van der Waals surface area (Å²) in [5.41, 5.74) is 10.5. The number of hydrogen-bond acceptors (Lipinski definition) is 11. The molecule has 4 rings (SSSR count). The number of nitrogens with one attached hydrogen (secondary N) is 1. The molecule has 2 aliphatic heterocycles. The van der Waals surface area contributed by atoms with Crippen LogP contribution in [0, 0.1) is 5.41 Å². The predicted molar refractivity (Wildman–Crippen MR) is 137 cm³/mol. The highest BCUT2D eigenvalue weighted by atomic mass is 32.2. The number of tetrazole rings is 1. The lowest BCUT2D eigenvalue weighted by Crippen LogP contribution is -2.75. The van der Waals surface area contributed by atoms with E-state index in [0.717, 1.165) is 11.8 Å². The highest BCUT2D eigenvalue weighted by Crippen LogP contribution is 2.46. The van der Waals surface area contributed by atoms with Crippen molar-refractivity contribution in [3.63, 3.8) is 0 Å². The number of thioether (sulfide) groups is 2. The zero-order chi connectivity index (χ0) is 27.4. The standard InChI is InChI=1S/C21H25N9O6S2/c22-7-15(33)30(13-3-1-12(2-4-13)24-11-31)16-17(34)28-8-21(19(35)36,9-37-18(16)28)10-38-20-25-26-27-29(20)6-5-14(23)32/h1-4,11,16,18H,5-10,22H2,(H2,23,32)(H,24,31)(H,35,36)/t16?,18-,21?/m1/s1. The van der Waals surface area contributed by atoms with Gasteiger partial charge in [0.25, 0.3) is 0 Å². The Balaban J connectivity index is 1.49. The molecule has 1 aromatic heterocycles. The van der Waals surface area contributed by atoms with Gasteiger partial charge in [0.15, 0.2) is 0 Å². The van der Waals surface area contributed by atoms with Gasteiger partial charge >= 0.3 is 5.97 Å². The molecule has 0 bridgehead atoms. The van der Waals surface area contributed by atoms with Crippen LogP contribution in [0.1, 0.15) is 6.42 Å². The van der Waals surface area contributed by atoms with Crippen LogP contribution in [0.2, 0.25) is 0 Å². The number of hydrogen-bond donors (Lipinski definition) is 4. The summed E-state index contributed by atoms with van der Waals surface area (Å²) >= 11 is 2.39. The van der Waals surface area contributed by atoms with Crippen LogP contribution in [-0.4, -0.2) is 96.3 Å². The molecular weight excluding hydrogens is 538 g/mol. The number of carbonyl (C=O) groups is 5. The average Bonchev–Trinajstić information content (AvgIpc) is 3.36. The quantitative estimate of drug-likeness (QED) is 0.132. The first kappa shape index (κ1) is 27.3. The van der Waals surface area contributed by atoms with Crippen LogP contribution in [0.15, 0.2) is 29.4 Å². The summed E-state index contributed by atoms with van der Waals surface area (Å²) in [5, 5.41) is 23.8. The molecule has 1 aromatic carbocycles. The van der Waals surface area contributed by atoms with Crippen LogP contribution < -0.4 is 21.7 Å². The number of aryl methyl sites for hydroxylation is 1. The van der Waals surface area contributed by atoms with Gasteiger partial charge in [-0.25, -0.2) is 4.68 Å². The normalized spacial score (nSPS) is 22.2. The highest BCUT2D eigenvalue weighted by molar-refractivity contribution is 8.00. The number of β-lactam (4-membered cyclic amide) rings is 1. The SMILES string of the molecule is NCC(=O)N(c1ccc(NC=O)cc1)C1C(=O)N2CC(CSc3nnnn3CCC(N)=O)(C(=O)O)CS[C@H]12. The van der Waals surface area contributed by atoms with Gasteiger partial charge in [-0.2, -0.15) is 0 Å². The number of benzene rings is 1. The average molecular weight is 564 g/mol. The van der Waals surface area contributed by atoms with Crippen molar-refractivity contribution in [2.45, 2.75) is 29.5 Å². The van der Waals surface area contributed by atoms with Crippen molar-refractivity contribution < 1.29 is 29.1 Å². The van der Waals surface area contributed by atoms with Gasteiger partial charge in [-0.1, -0.05) is 11.8 Å². The van der Waals surface area contributed by atoms with Crippen molar-refractivity contribution in [3.8, 4) is 0 Å². The molecular formula is C21H25N9O6S2. The van der Waals surface area contributed by atoms with Crippen molar-refractivity contribution in [2.75, 3.05) is 34.8 Å². The number of fused-ring (bicyclic) bond motifs is 1. The molecule has 38 heavy (non-hydrogen) atoms. The van der Waals surface area contributed by atoms with Crippen LogP contribution in [-0.2, 0) is 30.5 Å². The molecule has 0 aliphatic carbocycles. The maximum Gasteiger partial charge on any atom is 0.313 e. The Kier molecular flexibility index (Phi) is 8.17. The minimum atomic E-state index is -1.29. The summed E-state index contributed by atoms with van der Waals surface area (Å²) in [5.74, 6) is -2.19. The molecule has 3 atom stereocenters. The minimum absolute atomic E-state index is 0.0260. The summed E-state index contributed by atoms with van der Waals surface area (Å²) in [6.07, 6.45) is 0.552. The Bertz CT molecular complexity index is 1240. The fraction of sp³-hybridized carbons (Fsp3) is 0.429. The lowest BCUT2D eigenvalue weighted by Gasteiger charge is -2.56.